The van der Waals surface area contributed by atoms with E-state index in [1.165, 1.54) is 0 Å². The van der Waals surface area contributed by atoms with Gasteiger partial charge in [-0.15, -0.1) is 7.41 Å². The second kappa shape index (κ2) is 3.68. The van der Waals surface area contributed by atoms with Crippen molar-refractivity contribution in [3.63, 3.8) is 0 Å². The Kier molecular flexibility index (Phi) is 3.41. The van der Waals surface area contributed by atoms with E-state index >= 15 is 0 Å². The number of carbonyl (C=O) groups is 1. The van der Waals surface area contributed by atoms with Gasteiger partial charge in [-0.25, -0.2) is 0 Å². The molecular formula is C3H8BN2O-. The highest BCUT2D eigenvalue weighted by Crippen LogP contribution is 1.57. The zero-order chi connectivity index (χ0) is 5.70. The number of hydrogen-bond acceptors (Lipinski definition) is 2. The van der Waals surface area contributed by atoms with Gasteiger partial charge in [0, 0.05) is 6.54 Å². The fraction of sp³-hybridized carbons (Fsp3) is 0.667. The Morgan fingerprint density at radius 1 is 2.00 bits per heavy atom. The minimum absolute atomic E-state index is 0.220. The van der Waals surface area contributed by atoms with Gasteiger partial charge in [0.15, 0.2) is 0 Å². The standard InChI is InChI=1S/C3H8BN2O/c1-2-6-3(7)4-5/h2,5H2,1H3,(H,6,7)/q-1. The van der Waals surface area contributed by atoms with E-state index in [-0.39, 0.29) is 5.81 Å². The summed E-state index contributed by atoms with van der Waals surface area (Å²) >= 11 is 0. The van der Waals surface area contributed by atoms with Gasteiger partial charge < -0.3 is 15.8 Å². The lowest BCUT2D eigenvalue weighted by Gasteiger charge is -2.06. The molecule has 0 aliphatic rings. The van der Waals surface area contributed by atoms with E-state index in [1.807, 2.05) is 6.92 Å². The SMILES string of the molecule is CCNC(=O)[B-]N. The molecule has 0 rings (SSSR count). The molecule has 40 valence electrons. The van der Waals surface area contributed by atoms with Crippen LogP contribution in [0.15, 0.2) is 0 Å². The zero-order valence-electron chi connectivity index (χ0n) is 4.27. The quantitative estimate of drug-likeness (QED) is 0.449. The number of amides is 1. The molecule has 7 heavy (non-hydrogen) atoms. The van der Waals surface area contributed by atoms with Crippen LogP contribution in [0, 0.1) is 0 Å². The highest BCUT2D eigenvalue weighted by Gasteiger charge is 1.73. The van der Waals surface area contributed by atoms with Crippen LogP contribution in [0.3, 0.4) is 0 Å². The Balaban J connectivity index is 3.00. The minimum Gasteiger partial charge on any atom is -0.557 e. The van der Waals surface area contributed by atoms with Gasteiger partial charge in [-0.2, -0.15) is 0 Å². The second-order valence-electron chi connectivity index (χ2n) is 1.06. The maximum atomic E-state index is 10.1. The summed E-state index contributed by atoms with van der Waals surface area (Å²) in [6, 6.07) is 0. The maximum absolute atomic E-state index is 10.1. The van der Waals surface area contributed by atoms with Crippen LogP contribution < -0.4 is 11.0 Å². The number of carbonyl (C=O) groups excluding carboxylic acids is 1. The van der Waals surface area contributed by atoms with E-state index in [2.05, 4.69) is 5.32 Å². The normalized spacial score (nSPS) is 8.29. The lowest BCUT2D eigenvalue weighted by Crippen LogP contribution is -2.31. The summed E-state index contributed by atoms with van der Waals surface area (Å²) in [5, 5.41) is 2.48. The maximum Gasteiger partial charge on any atom is 0.0109 e. The number of rotatable bonds is 2. The van der Waals surface area contributed by atoms with E-state index in [1.54, 1.807) is 0 Å². The molecule has 0 spiro atoms. The molecule has 0 fully saturated rings. The lowest BCUT2D eigenvalue weighted by atomic mass is 9.97. The molecule has 4 heteroatoms. The molecule has 0 aliphatic heterocycles. The summed E-state index contributed by atoms with van der Waals surface area (Å²) in [6.45, 7) is 2.47. The highest BCUT2D eigenvalue weighted by atomic mass is 16.1. The smallest absolute Gasteiger partial charge is 0.0109 e. The van der Waals surface area contributed by atoms with Crippen LogP contribution in [-0.4, -0.2) is 19.8 Å². The molecule has 0 saturated carbocycles. The summed E-state index contributed by atoms with van der Waals surface area (Å²) in [4.78, 5) is 10.1. The van der Waals surface area contributed by atoms with E-state index in [4.69, 9.17) is 5.64 Å². The number of nitrogens with two attached hydrogens (primary N) is 1. The molecule has 0 aromatic heterocycles. The average Bonchev–Trinajstić information content (AvgIpc) is 1.68. The molecule has 0 aromatic carbocycles. The Bertz CT molecular complexity index is 66.0. The summed E-state index contributed by atoms with van der Waals surface area (Å²) in [6.07, 6.45) is 0. The van der Waals surface area contributed by atoms with Gasteiger partial charge in [-0.05, 0) is 12.7 Å². The zero-order valence-corrected chi connectivity index (χ0v) is 4.27. The van der Waals surface area contributed by atoms with Crippen LogP contribution in [0.1, 0.15) is 6.92 Å². The summed E-state index contributed by atoms with van der Waals surface area (Å²) in [7, 11) is 1.00. The van der Waals surface area contributed by atoms with E-state index in [0.29, 0.717) is 6.54 Å². The van der Waals surface area contributed by atoms with Crippen LogP contribution in [-0.2, 0) is 0 Å². The molecule has 0 bridgehead atoms. The van der Waals surface area contributed by atoms with Gasteiger partial charge in [0.1, 0.15) is 0 Å². The molecule has 2 radical (unpaired) electrons. The Hall–Kier alpha value is -0.505. The van der Waals surface area contributed by atoms with Gasteiger partial charge >= 0.3 is 0 Å². The molecule has 0 heterocycles. The predicted molar refractivity (Wildman–Crippen MR) is 29.0 cm³/mol. The summed E-state index contributed by atoms with van der Waals surface area (Å²) in [5.74, 6) is -0.220. The third-order valence-electron chi connectivity index (χ3n) is 0.502. The second-order valence-corrected chi connectivity index (χ2v) is 1.06. The Labute approximate surface area is 43.5 Å². The topological polar surface area (TPSA) is 55.1 Å². The first-order chi connectivity index (χ1) is 3.31. The first-order valence-corrected chi connectivity index (χ1v) is 2.14. The van der Waals surface area contributed by atoms with E-state index in [9.17, 15) is 4.79 Å². The largest absolute Gasteiger partial charge is 0.557 e. The molecule has 0 unspecified atom stereocenters. The molecule has 0 saturated heterocycles. The van der Waals surface area contributed by atoms with Crippen LogP contribution in [0.5, 0.6) is 0 Å². The molecular weight excluding hydrogens is 90.9 g/mol. The van der Waals surface area contributed by atoms with Gasteiger partial charge in [0.25, 0.3) is 0 Å². The van der Waals surface area contributed by atoms with Gasteiger partial charge in [-0.1, -0.05) is 0 Å². The highest BCUT2D eigenvalue weighted by molar-refractivity contribution is 6.70. The first-order valence-electron chi connectivity index (χ1n) is 2.14. The van der Waals surface area contributed by atoms with Crippen molar-refractivity contribution in [2.75, 3.05) is 6.54 Å². The first kappa shape index (κ1) is 6.49. The molecule has 0 aliphatic carbocycles. The fourth-order valence-corrected chi connectivity index (χ4v) is 0.233. The fourth-order valence-electron chi connectivity index (χ4n) is 0.233. The Morgan fingerprint density at radius 2 is 2.57 bits per heavy atom. The van der Waals surface area contributed by atoms with Crippen molar-refractivity contribution in [1.82, 2.24) is 5.32 Å². The van der Waals surface area contributed by atoms with Crippen LogP contribution in [0.4, 0.5) is 4.79 Å². The predicted octanol–water partition coefficient (Wildman–Crippen LogP) is -0.706. The van der Waals surface area contributed by atoms with Gasteiger partial charge in [-0.3, -0.25) is 0 Å². The third kappa shape index (κ3) is 3.32. The van der Waals surface area contributed by atoms with Crippen LogP contribution in [0.25, 0.3) is 0 Å². The van der Waals surface area contributed by atoms with E-state index < -0.39 is 0 Å². The van der Waals surface area contributed by atoms with Crippen LogP contribution >= 0.6 is 0 Å². The lowest BCUT2D eigenvalue weighted by molar-refractivity contribution is 0.259. The van der Waals surface area contributed by atoms with Gasteiger partial charge in [0.05, 0.1) is 0 Å². The number of nitrogens with one attached hydrogen (secondary N) is 1. The van der Waals surface area contributed by atoms with Crippen molar-refractivity contribution >= 4 is 13.2 Å². The summed E-state index contributed by atoms with van der Waals surface area (Å²) in [5.41, 5.74) is 4.82. The third-order valence-corrected chi connectivity index (χ3v) is 0.502. The molecule has 1 amide bonds. The minimum atomic E-state index is -0.220. The van der Waals surface area contributed by atoms with Crippen molar-refractivity contribution in [1.29, 1.82) is 0 Å². The molecule has 0 atom stereocenters. The van der Waals surface area contributed by atoms with Crippen molar-refractivity contribution < 1.29 is 4.79 Å². The monoisotopic (exact) mass is 99.1 g/mol. The van der Waals surface area contributed by atoms with E-state index in [0.717, 1.165) is 7.41 Å². The molecule has 0 aromatic rings. The van der Waals surface area contributed by atoms with Crippen molar-refractivity contribution in [3.8, 4) is 0 Å². The molecule has 3 N–H and O–H groups in total. The van der Waals surface area contributed by atoms with Crippen molar-refractivity contribution in [2.45, 2.75) is 6.92 Å². The van der Waals surface area contributed by atoms with Crippen molar-refractivity contribution in [3.05, 3.63) is 0 Å². The van der Waals surface area contributed by atoms with Crippen molar-refractivity contribution in [2.24, 2.45) is 5.64 Å². The summed E-state index contributed by atoms with van der Waals surface area (Å²) < 4.78 is 0. The number of hydrogen-bond donors (Lipinski definition) is 2. The van der Waals surface area contributed by atoms with Crippen LogP contribution in [0.2, 0.25) is 0 Å². The Morgan fingerprint density at radius 3 is 2.71 bits per heavy atom. The average molecular weight is 98.9 g/mol. The molecule has 3 nitrogen and oxygen atoms in total. The van der Waals surface area contributed by atoms with Gasteiger partial charge in [0.2, 0.25) is 0 Å².